The predicted octanol–water partition coefficient (Wildman–Crippen LogP) is 5.20. The molecule has 0 aliphatic heterocycles. The number of carbonyl (C=O) groups is 1. The monoisotopic (exact) mass is 333 g/mol. The highest BCUT2D eigenvalue weighted by Crippen LogP contribution is 2.40. The second-order valence-electron chi connectivity index (χ2n) is 7.99. The molecule has 124 valence electrons. The van der Waals surface area contributed by atoms with Crippen molar-refractivity contribution >= 4 is 17.4 Å². The molecule has 0 radical (unpaired) electrons. The van der Waals surface area contributed by atoms with Crippen molar-refractivity contribution in [2.75, 3.05) is 0 Å². The maximum absolute atomic E-state index is 12.8. The number of benzene rings is 1. The third-order valence-electron chi connectivity index (χ3n) is 3.90. The van der Waals surface area contributed by atoms with Crippen molar-refractivity contribution in [1.82, 2.24) is 4.98 Å². The van der Waals surface area contributed by atoms with E-state index in [1.165, 1.54) is 0 Å². The van der Waals surface area contributed by atoms with Crippen LogP contribution in [-0.2, 0) is 10.8 Å². The zero-order chi connectivity index (χ0) is 17.6. The molecule has 0 unspecified atom stereocenters. The first-order valence-electron chi connectivity index (χ1n) is 7.68. The molecule has 0 spiro atoms. The second kappa shape index (κ2) is 5.72. The molecule has 1 heterocycles. The van der Waals surface area contributed by atoms with Gasteiger partial charge in [-0.1, -0.05) is 53.1 Å². The fraction of sp³-hybridized carbons (Fsp3) is 0.421. The van der Waals surface area contributed by atoms with Gasteiger partial charge in [-0.3, -0.25) is 4.79 Å². The number of hydrogen-bond acceptors (Lipinski definition) is 2. The number of phenolic OH excluding ortho intramolecular Hbond substituents is 1. The Morgan fingerprint density at radius 1 is 0.957 bits per heavy atom. The summed E-state index contributed by atoms with van der Waals surface area (Å²) in [6.45, 7) is 12.1. The highest BCUT2D eigenvalue weighted by Gasteiger charge is 2.28. The summed E-state index contributed by atoms with van der Waals surface area (Å²) in [6, 6.07) is 5.19. The van der Waals surface area contributed by atoms with Crippen molar-refractivity contribution in [3.05, 3.63) is 51.8 Å². The molecule has 3 nitrogen and oxygen atoms in total. The summed E-state index contributed by atoms with van der Waals surface area (Å²) >= 11 is 5.88. The van der Waals surface area contributed by atoms with Crippen LogP contribution in [0.3, 0.4) is 0 Å². The van der Waals surface area contributed by atoms with E-state index in [4.69, 9.17) is 11.6 Å². The van der Waals surface area contributed by atoms with Gasteiger partial charge in [0.15, 0.2) is 5.78 Å². The highest BCUT2D eigenvalue weighted by atomic mass is 35.5. The van der Waals surface area contributed by atoms with Crippen molar-refractivity contribution < 1.29 is 9.90 Å². The van der Waals surface area contributed by atoms with Gasteiger partial charge in [-0.15, -0.1) is 0 Å². The van der Waals surface area contributed by atoms with E-state index < -0.39 is 0 Å². The number of phenols is 1. The van der Waals surface area contributed by atoms with E-state index in [0.717, 1.165) is 11.1 Å². The van der Waals surface area contributed by atoms with Gasteiger partial charge >= 0.3 is 0 Å². The van der Waals surface area contributed by atoms with Gasteiger partial charge in [0.05, 0.1) is 0 Å². The number of H-pyrrole nitrogens is 1. The number of hydrogen-bond donors (Lipinski definition) is 2. The number of carbonyl (C=O) groups excluding carboxylic acids is 1. The number of halogens is 1. The minimum absolute atomic E-state index is 0.107. The minimum atomic E-state index is -0.268. The van der Waals surface area contributed by atoms with E-state index in [2.05, 4.69) is 4.98 Å². The van der Waals surface area contributed by atoms with Crippen LogP contribution >= 0.6 is 11.6 Å². The Bertz CT molecular complexity index is 710. The van der Waals surface area contributed by atoms with Crippen LogP contribution in [0, 0.1) is 0 Å². The molecule has 1 aromatic carbocycles. The molecule has 1 aromatic heterocycles. The fourth-order valence-electron chi connectivity index (χ4n) is 2.57. The smallest absolute Gasteiger partial charge is 0.194 e. The summed E-state index contributed by atoms with van der Waals surface area (Å²) in [5, 5.41) is 11.1. The number of nitrogens with one attached hydrogen (secondary N) is 1. The van der Waals surface area contributed by atoms with Gasteiger partial charge < -0.3 is 10.1 Å². The quantitative estimate of drug-likeness (QED) is 0.742. The average molecular weight is 334 g/mol. The minimum Gasteiger partial charge on any atom is -0.507 e. The van der Waals surface area contributed by atoms with Gasteiger partial charge in [0.1, 0.15) is 10.9 Å². The summed E-state index contributed by atoms with van der Waals surface area (Å²) < 4.78 is 0. The number of aromatic amines is 1. The summed E-state index contributed by atoms with van der Waals surface area (Å²) in [6.07, 6.45) is 1.60. The van der Waals surface area contributed by atoms with Crippen LogP contribution in [0.5, 0.6) is 5.75 Å². The molecule has 0 saturated heterocycles. The molecular weight excluding hydrogens is 310 g/mol. The first kappa shape index (κ1) is 17.6. The van der Waals surface area contributed by atoms with Crippen LogP contribution in [0.2, 0.25) is 5.15 Å². The van der Waals surface area contributed by atoms with E-state index in [0.29, 0.717) is 16.3 Å². The molecule has 2 rings (SSSR count). The van der Waals surface area contributed by atoms with Crippen LogP contribution in [0.4, 0.5) is 0 Å². The molecule has 0 bridgehead atoms. The zero-order valence-corrected chi connectivity index (χ0v) is 15.3. The molecule has 2 N–H and O–H groups in total. The predicted molar refractivity (Wildman–Crippen MR) is 94.7 cm³/mol. The summed E-state index contributed by atoms with van der Waals surface area (Å²) in [4.78, 5) is 15.6. The van der Waals surface area contributed by atoms with Crippen LogP contribution in [-0.4, -0.2) is 15.9 Å². The molecule has 4 heteroatoms. The number of aromatic nitrogens is 1. The van der Waals surface area contributed by atoms with Gasteiger partial charge in [0.2, 0.25) is 0 Å². The van der Waals surface area contributed by atoms with Crippen molar-refractivity contribution in [1.29, 1.82) is 0 Å². The van der Waals surface area contributed by atoms with Crippen LogP contribution in [0.1, 0.15) is 68.6 Å². The fourth-order valence-corrected chi connectivity index (χ4v) is 2.75. The maximum atomic E-state index is 12.8. The van der Waals surface area contributed by atoms with Crippen molar-refractivity contribution in [3.63, 3.8) is 0 Å². The number of ketones is 1. The Balaban J connectivity index is 2.67. The van der Waals surface area contributed by atoms with Gasteiger partial charge in [-0.2, -0.15) is 0 Å². The normalized spacial score (nSPS) is 12.5. The number of aromatic hydroxyl groups is 1. The van der Waals surface area contributed by atoms with E-state index in [1.807, 2.05) is 41.5 Å². The topological polar surface area (TPSA) is 53.1 Å². The zero-order valence-electron chi connectivity index (χ0n) is 14.5. The Morgan fingerprint density at radius 2 is 1.43 bits per heavy atom. The third kappa shape index (κ3) is 3.61. The summed E-state index contributed by atoms with van der Waals surface area (Å²) in [5.74, 6) is 0.165. The molecule has 0 aliphatic carbocycles. The SMILES string of the molecule is CC(C)(C)c1cc(C(=O)c2c[nH]c(Cl)c2)cc(C(C)(C)C)c1O. The second-order valence-corrected chi connectivity index (χ2v) is 8.39. The van der Waals surface area contributed by atoms with E-state index in [9.17, 15) is 9.90 Å². The van der Waals surface area contributed by atoms with Crippen molar-refractivity contribution in [3.8, 4) is 5.75 Å². The molecule has 0 fully saturated rings. The summed E-state index contributed by atoms with van der Waals surface area (Å²) in [7, 11) is 0. The number of rotatable bonds is 2. The van der Waals surface area contributed by atoms with Crippen LogP contribution in [0.15, 0.2) is 24.4 Å². The Labute approximate surface area is 142 Å². The molecule has 23 heavy (non-hydrogen) atoms. The van der Waals surface area contributed by atoms with Gasteiger partial charge in [-0.05, 0) is 29.0 Å². The first-order valence-corrected chi connectivity index (χ1v) is 8.05. The van der Waals surface area contributed by atoms with Crippen LogP contribution in [0.25, 0.3) is 0 Å². The molecule has 2 aromatic rings. The summed E-state index contributed by atoms with van der Waals surface area (Å²) in [5.41, 5.74) is 2.09. The maximum Gasteiger partial charge on any atom is 0.194 e. The average Bonchev–Trinajstić information content (AvgIpc) is 2.82. The van der Waals surface area contributed by atoms with Gasteiger partial charge in [-0.25, -0.2) is 0 Å². The molecule has 0 amide bonds. The molecule has 0 saturated carbocycles. The van der Waals surface area contributed by atoms with E-state index in [1.54, 1.807) is 24.4 Å². The Hall–Kier alpha value is -1.74. The van der Waals surface area contributed by atoms with Crippen LogP contribution < -0.4 is 0 Å². The lowest BCUT2D eigenvalue weighted by Gasteiger charge is -2.28. The standard InChI is InChI=1S/C19H24ClNO2/c1-18(2,3)13-7-11(8-14(17(13)23)19(4,5)6)16(22)12-9-15(20)21-10-12/h7-10,21,23H,1-6H3. The van der Waals surface area contributed by atoms with Gasteiger partial charge in [0, 0.05) is 28.5 Å². The van der Waals surface area contributed by atoms with Crippen molar-refractivity contribution in [2.24, 2.45) is 0 Å². The third-order valence-corrected chi connectivity index (χ3v) is 4.12. The molecule has 0 aliphatic rings. The van der Waals surface area contributed by atoms with E-state index in [-0.39, 0.29) is 22.4 Å². The Kier molecular flexibility index (Phi) is 4.38. The Morgan fingerprint density at radius 3 is 1.78 bits per heavy atom. The van der Waals surface area contributed by atoms with E-state index >= 15 is 0 Å². The molecular formula is C19H24ClNO2. The van der Waals surface area contributed by atoms with Gasteiger partial charge in [0.25, 0.3) is 0 Å². The highest BCUT2D eigenvalue weighted by molar-refractivity contribution is 6.30. The largest absolute Gasteiger partial charge is 0.507 e. The lowest BCUT2D eigenvalue weighted by molar-refractivity contribution is 0.103. The first-order chi connectivity index (χ1) is 10.4. The lowest BCUT2D eigenvalue weighted by Crippen LogP contribution is -2.19. The lowest BCUT2D eigenvalue weighted by atomic mass is 9.78. The molecule has 0 atom stereocenters. The van der Waals surface area contributed by atoms with Crippen molar-refractivity contribution in [2.45, 2.75) is 52.4 Å².